The first-order valence-corrected chi connectivity index (χ1v) is 10.7. The van der Waals surface area contributed by atoms with E-state index in [1.165, 1.54) is 12.1 Å². The van der Waals surface area contributed by atoms with Crippen LogP contribution in [0, 0.1) is 17.0 Å². The Morgan fingerprint density at radius 1 is 1.15 bits per heavy atom. The molecule has 1 aromatic carbocycles. The summed E-state index contributed by atoms with van der Waals surface area (Å²) >= 11 is 0. The van der Waals surface area contributed by atoms with Crippen molar-refractivity contribution in [2.45, 2.75) is 20.3 Å². The summed E-state index contributed by atoms with van der Waals surface area (Å²) in [6.45, 7) is 6.93. The molecule has 0 unspecified atom stereocenters. The van der Waals surface area contributed by atoms with E-state index in [9.17, 15) is 14.9 Å². The summed E-state index contributed by atoms with van der Waals surface area (Å²) in [5.41, 5.74) is 1.66. The fourth-order valence-corrected chi connectivity index (χ4v) is 3.63. The zero-order valence-corrected chi connectivity index (χ0v) is 18.5. The predicted molar refractivity (Wildman–Crippen MR) is 122 cm³/mol. The number of nitrogens with one attached hydrogen (secondary N) is 1. The monoisotopic (exact) mass is 451 g/mol. The van der Waals surface area contributed by atoms with Crippen molar-refractivity contribution in [3.63, 3.8) is 0 Å². The van der Waals surface area contributed by atoms with Gasteiger partial charge in [0.2, 0.25) is 5.91 Å². The quantitative estimate of drug-likeness (QED) is 0.425. The molecule has 1 fully saturated rings. The van der Waals surface area contributed by atoms with Gasteiger partial charge in [-0.3, -0.25) is 19.8 Å². The zero-order chi connectivity index (χ0) is 23.4. The van der Waals surface area contributed by atoms with Gasteiger partial charge in [-0.1, -0.05) is 12.1 Å². The second-order valence-corrected chi connectivity index (χ2v) is 7.83. The van der Waals surface area contributed by atoms with Crippen LogP contribution in [0.3, 0.4) is 0 Å². The maximum atomic E-state index is 12.3. The normalized spacial score (nSPS) is 14.3. The van der Waals surface area contributed by atoms with Crippen molar-refractivity contribution < 1.29 is 14.2 Å². The summed E-state index contributed by atoms with van der Waals surface area (Å²) in [5.74, 6) is 2.29. The van der Waals surface area contributed by atoms with Gasteiger partial charge in [0.05, 0.1) is 11.5 Å². The van der Waals surface area contributed by atoms with Crippen LogP contribution in [-0.4, -0.2) is 63.6 Å². The Balaban J connectivity index is 1.40. The fourth-order valence-electron chi connectivity index (χ4n) is 3.63. The van der Waals surface area contributed by atoms with Crippen molar-refractivity contribution in [3.8, 4) is 11.4 Å². The number of hydrogen-bond acceptors (Lipinski definition) is 9. The van der Waals surface area contributed by atoms with E-state index in [0.717, 1.165) is 36.6 Å². The van der Waals surface area contributed by atoms with Gasteiger partial charge in [0.1, 0.15) is 11.6 Å². The highest BCUT2D eigenvalue weighted by Gasteiger charge is 2.21. The Morgan fingerprint density at radius 3 is 2.48 bits per heavy atom. The molecule has 0 atom stereocenters. The second-order valence-electron chi connectivity index (χ2n) is 7.83. The molecule has 1 N–H and O–H groups in total. The number of aryl methyl sites for hydroxylation is 2. The van der Waals surface area contributed by atoms with Crippen molar-refractivity contribution in [1.82, 2.24) is 20.0 Å². The van der Waals surface area contributed by atoms with Crippen LogP contribution in [0.2, 0.25) is 0 Å². The largest absolute Gasteiger partial charge is 0.360 e. The number of nitro benzene ring substituents is 1. The van der Waals surface area contributed by atoms with E-state index in [1.807, 2.05) is 13.0 Å². The van der Waals surface area contributed by atoms with E-state index in [2.05, 4.69) is 25.3 Å². The van der Waals surface area contributed by atoms with Crippen molar-refractivity contribution in [2.75, 3.05) is 42.9 Å². The SMILES string of the molecule is CCc1cc(N2CCN(CC(=O)Nc3cc(C)on3)CC2)nc(-c2ccc([N+](=O)[O-])cc2)n1. The molecule has 33 heavy (non-hydrogen) atoms. The van der Waals surface area contributed by atoms with Gasteiger partial charge in [-0.25, -0.2) is 9.97 Å². The van der Waals surface area contributed by atoms with Crippen LogP contribution in [0.1, 0.15) is 18.4 Å². The molecule has 4 rings (SSSR count). The van der Waals surface area contributed by atoms with Gasteiger partial charge in [0.25, 0.3) is 5.69 Å². The highest BCUT2D eigenvalue weighted by atomic mass is 16.6. The summed E-state index contributed by atoms with van der Waals surface area (Å²) in [6.07, 6.45) is 0.747. The number of aromatic nitrogens is 3. The minimum absolute atomic E-state index is 0.0319. The number of amides is 1. The van der Waals surface area contributed by atoms with Crippen molar-refractivity contribution in [2.24, 2.45) is 0 Å². The lowest BCUT2D eigenvalue weighted by atomic mass is 10.2. The first-order chi connectivity index (χ1) is 15.9. The van der Waals surface area contributed by atoms with Gasteiger partial charge >= 0.3 is 0 Å². The molecule has 0 bridgehead atoms. The molecule has 1 aliphatic heterocycles. The first-order valence-electron chi connectivity index (χ1n) is 10.7. The Morgan fingerprint density at radius 2 is 1.88 bits per heavy atom. The first kappa shape index (κ1) is 22.3. The average Bonchev–Trinajstić information content (AvgIpc) is 3.23. The van der Waals surface area contributed by atoms with E-state index in [-0.39, 0.29) is 18.1 Å². The minimum Gasteiger partial charge on any atom is -0.360 e. The van der Waals surface area contributed by atoms with Crippen LogP contribution in [0.15, 0.2) is 40.9 Å². The van der Waals surface area contributed by atoms with E-state index in [4.69, 9.17) is 9.51 Å². The third-order valence-corrected chi connectivity index (χ3v) is 5.42. The molecule has 0 aliphatic carbocycles. The standard InChI is InChI=1S/C22H25N7O4/c1-3-17-13-20(25-22(23-17)16-4-6-18(7-5-16)29(31)32)28-10-8-27(9-11-28)14-21(30)24-19-12-15(2)33-26-19/h4-7,12-13H,3,8-11,14H2,1-2H3,(H,24,26,30). The van der Waals surface area contributed by atoms with Gasteiger partial charge in [-0.15, -0.1) is 0 Å². The maximum absolute atomic E-state index is 12.3. The number of benzene rings is 1. The lowest BCUT2D eigenvalue weighted by Crippen LogP contribution is -2.49. The molecule has 0 radical (unpaired) electrons. The van der Waals surface area contributed by atoms with Crippen LogP contribution in [0.25, 0.3) is 11.4 Å². The summed E-state index contributed by atoms with van der Waals surface area (Å²) < 4.78 is 4.97. The summed E-state index contributed by atoms with van der Waals surface area (Å²) in [5, 5.41) is 17.5. The van der Waals surface area contributed by atoms with Crippen LogP contribution < -0.4 is 10.2 Å². The lowest BCUT2D eigenvalue weighted by Gasteiger charge is -2.35. The Labute approximate surface area is 190 Å². The lowest BCUT2D eigenvalue weighted by molar-refractivity contribution is -0.384. The molecule has 0 saturated carbocycles. The van der Waals surface area contributed by atoms with E-state index < -0.39 is 4.92 Å². The molecule has 2 aromatic heterocycles. The molecule has 11 heteroatoms. The minimum atomic E-state index is -0.426. The topological polar surface area (TPSA) is 131 Å². The molecule has 1 amide bonds. The highest BCUT2D eigenvalue weighted by molar-refractivity contribution is 5.91. The highest BCUT2D eigenvalue weighted by Crippen LogP contribution is 2.23. The van der Waals surface area contributed by atoms with Gasteiger partial charge in [0.15, 0.2) is 11.6 Å². The summed E-state index contributed by atoms with van der Waals surface area (Å²) in [4.78, 5) is 36.4. The van der Waals surface area contributed by atoms with Crippen LogP contribution in [-0.2, 0) is 11.2 Å². The molecule has 172 valence electrons. The van der Waals surface area contributed by atoms with E-state index in [0.29, 0.717) is 30.5 Å². The van der Waals surface area contributed by atoms with Crippen LogP contribution in [0.4, 0.5) is 17.3 Å². The Hall–Kier alpha value is -3.86. The van der Waals surface area contributed by atoms with Gasteiger partial charge in [-0.05, 0) is 25.5 Å². The fraction of sp³-hybridized carbons (Fsp3) is 0.364. The van der Waals surface area contributed by atoms with Gasteiger partial charge in [-0.2, -0.15) is 0 Å². The smallest absolute Gasteiger partial charge is 0.269 e. The predicted octanol–water partition coefficient (Wildman–Crippen LogP) is 2.67. The number of rotatable bonds is 7. The average molecular weight is 451 g/mol. The van der Waals surface area contributed by atoms with E-state index >= 15 is 0 Å². The van der Waals surface area contributed by atoms with E-state index in [1.54, 1.807) is 25.1 Å². The third kappa shape index (κ3) is 5.50. The molecule has 3 aromatic rings. The molecule has 0 spiro atoms. The number of hydrogen-bond donors (Lipinski definition) is 1. The molecule has 11 nitrogen and oxygen atoms in total. The molecular formula is C22H25N7O4. The maximum Gasteiger partial charge on any atom is 0.269 e. The van der Waals surface area contributed by atoms with Gasteiger partial charge in [0, 0.05) is 61.7 Å². The number of anilines is 2. The molecular weight excluding hydrogens is 426 g/mol. The van der Waals surface area contributed by atoms with Crippen molar-refractivity contribution >= 4 is 23.2 Å². The second kappa shape index (κ2) is 9.74. The third-order valence-electron chi connectivity index (χ3n) is 5.42. The van der Waals surface area contributed by atoms with Crippen LogP contribution in [0.5, 0.6) is 0 Å². The molecule has 3 heterocycles. The number of non-ortho nitro benzene ring substituents is 1. The molecule has 1 aliphatic rings. The Bertz CT molecular complexity index is 1140. The Kier molecular flexibility index (Phi) is 6.59. The number of nitrogens with zero attached hydrogens (tertiary/aromatic N) is 6. The number of carbonyl (C=O) groups excluding carboxylic acids is 1. The zero-order valence-electron chi connectivity index (χ0n) is 18.5. The number of carbonyl (C=O) groups is 1. The van der Waals surface area contributed by atoms with Crippen molar-refractivity contribution in [1.29, 1.82) is 0 Å². The van der Waals surface area contributed by atoms with Gasteiger partial charge < -0.3 is 14.7 Å². The summed E-state index contributed by atoms with van der Waals surface area (Å²) in [6, 6.07) is 9.92. The van der Waals surface area contributed by atoms with Crippen LogP contribution >= 0.6 is 0 Å². The number of nitro groups is 1. The van der Waals surface area contributed by atoms with Crippen molar-refractivity contribution in [3.05, 3.63) is 58.0 Å². The summed E-state index contributed by atoms with van der Waals surface area (Å²) in [7, 11) is 0. The number of piperazine rings is 1. The molecule has 1 saturated heterocycles.